The second kappa shape index (κ2) is 8.25. The minimum Gasteiger partial charge on any atom is -0.493 e. The van der Waals surface area contributed by atoms with Crippen LogP contribution in [0.3, 0.4) is 0 Å². The standard InChI is InChI=1S/C22H26N4O/c1-18-4-7-21(8-5-18)27-16-20-3-2-11-26(15-20)22-9-6-19(13-24-22)14-25-12-10-23-17-25/h4-10,12-13,17,20H,2-3,11,14-16H2,1H3. The minimum atomic E-state index is 0.535. The molecule has 5 nitrogen and oxygen atoms in total. The van der Waals surface area contributed by atoms with Crippen LogP contribution in [-0.2, 0) is 6.54 Å². The smallest absolute Gasteiger partial charge is 0.128 e. The summed E-state index contributed by atoms with van der Waals surface area (Å²) < 4.78 is 8.06. The zero-order valence-corrected chi connectivity index (χ0v) is 15.8. The fourth-order valence-corrected chi connectivity index (χ4v) is 3.55. The number of benzene rings is 1. The molecule has 3 heterocycles. The molecule has 1 saturated heterocycles. The predicted octanol–water partition coefficient (Wildman–Crippen LogP) is 3.93. The molecule has 140 valence electrons. The van der Waals surface area contributed by atoms with Gasteiger partial charge < -0.3 is 14.2 Å². The van der Waals surface area contributed by atoms with Crippen LogP contribution in [-0.4, -0.2) is 34.2 Å². The highest BCUT2D eigenvalue weighted by atomic mass is 16.5. The van der Waals surface area contributed by atoms with Gasteiger partial charge >= 0.3 is 0 Å². The van der Waals surface area contributed by atoms with Crippen molar-refractivity contribution in [2.45, 2.75) is 26.3 Å². The molecule has 0 radical (unpaired) electrons. The largest absolute Gasteiger partial charge is 0.493 e. The van der Waals surface area contributed by atoms with Crippen LogP contribution >= 0.6 is 0 Å². The summed E-state index contributed by atoms with van der Waals surface area (Å²) in [6.45, 7) is 5.73. The van der Waals surface area contributed by atoms with Crippen LogP contribution in [0.2, 0.25) is 0 Å². The summed E-state index contributed by atoms with van der Waals surface area (Å²) in [6.07, 6.45) is 9.96. The van der Waals surface area contributed by atoms with Gasteiger partial charge in [0.1, 0.15) is 11.6 Å². The molecule has 5 heteroatoms. The monoisotopic (exact) mass is 362 g/mol. The van der Waals surface area contributed by atoms with Crippen molar-refractivity contribution in [2.24, 2.45) is 5.92 Å². The fraction of sp³-hybridized carbons (Fsp3) is 0.364. The number of pyridine rings is 1. The molecule has 2 aromatic heterocycles. The predicted molar refractivity (Wildman–Crippen MR) is 107 cm³/mol. The Kier molecular flexibility index (Phi) is 5.37. The van der Waals surface area contributed by atoms with E-state index >= 15 is 0 Å². The van der Waals surface area contributed by atoms with E-state index in [4.69, 9.17) is 9.72 Å². The van der Waals surface area contributed by atoms with Crippen molar-refractivity contribution in [1.29, 1.82) is 0 Å². The first kappa shape index (κ1) is 17.6. The lowest BCUT2D eigenvalue weighted by atomic mass is 9.99. The molecule has 0 saturated carbocycles. The number of aryl methyl sites for hydroxylation is 1. The zero-order valence-electron chi connectivity index (χ0n) is 15.8. The Labute approximate surface area is 160 Å². The third kappa shape index (κ3) is 4.67. The first-order chi connectivity index (χ1) is 13.3. The number of imidazole rings is 1. The van der Waals surface area contributed by atoms with Gasteiger partial charge in [-0.05, 0) is 43.5 Å². The van der Waals surface area contributed by atoms with E-state index in [1.54, 1.807) is 6.20 Å². The van der Waals surface area contributed by atoms with Gasteiger partial charge in [0.25, 0.3) is 0 Å². The lowest BCUT2D eigenvalue weighted by molar-refractivity contribution is 0.228. The number of anilines is 1. The highest BCUT2D eigenvalue weighted by Gasteiger charge is 2.21. The van der Waals surface area contributed by atoms with Gasteiger partial charge in [0.15, 0.2) is 0 Å². The molecule has 1 atom stereocenters. The number of hydrogen-bond donors (Lipinski definition) is 0. The summed E-state index contributed by atoms with van der Waals surface area (Å²) in [5, 5.41) is 0. The highest BCUT2D eigenvalue weighted by Crippen LogP contribution is 2.23. The Morgan fingerprint density at radius 3 is 2.78 bits per heavy atom. The van der Waals surface area contributed by atoms with Crippen molar-refractivity contribution < 1.29 is 4.74 Å². The normalized spacial score (nSPS) is 17.1. The third-order valence-corrected chi connectivity index (χ3v) is 5.08. The van der Waals surface area contributed by atoms with E-state index in [0.717, 1.165) is 37.8 Å². The van der Waals surface area contributed by atoms with Crippen molar-refractivity contribution in [3.05, 3.63) is 72.4 Å². The number of nitrogens with zero attached hydrogens (tertiary/aromatic N) is 4. The quantitative estimate of drug-likeness (QED) is 0.666. The second-order valence-electron chi connectivity index (χ2n) is 7.34. The molecule has 27 heavy (non-hydrogen) atoms. The average molecular weight is 362 g/mol. The van der Waals surface area contributed by atoms with Crippen molar-refractivity contribution in [3.8, 4) is 5.75 Å². The number of hydrogen-bond acceptors (Lipinski definition) is 4. The average Bonchev–Trinajstić information content (AvgIpc) is 3.21. The van der Waals surface area contributed by atoms with Crippen molar-refractivity contribution >= 4 is 5.82 Å². The molecule has 0 N–H and O–H groups in total. The highest BCUT2D eigenvalue weighted by molar-refractivity contribution is 5.40. The van der Waals surface area contributed by atoms with Crippen molar-refractivity contribution in [3.63, 3.8) is 0 Å². The first-order valence-electron chi connectivity index (χ1n) is 9.61. The first-order valence-corrected chi connectivity index (χ1v) is 9.61. The number of ether oxygens (including phenoxy) is 1. The molecule has 4 rings (SSSR count). The summed E-state index contributed by atoms with van der Waals surface area (Å²) in [5.74, 6) is 2.55. The van der Waals surface area contributed by atoms with Crippen LogP contribution in [0.15, 0.2) is 61.3 Å². The Bertz CT molecular complexity index is 828. The topological polar surface area (TPSA) is 43.2 Å². The van der Waals surface area contributed by atoms with Crippen molar-refractivity contribution in [1.82, 2.24) is 14.5 Å². The fourth-order valence-electron chi connectivity index (χ4n) is 3.55. The molecule has 1 unspecified atom stereocenters. The van der Waals surface area contributed by atoms with E-state index in [1.165, 1.54) is 24.0 Å². The van der Waals surface area contributed by atoms with Gasteiger partial charge in [0.05, 0.1) is 12.9 Å². The van der Waals surface area contributed by atoms with Gasteiger partial charge in [0.2, 0.25) is 0 Å². The molecular weight excluding hydrogens is 336 g/mol. The second-order valence-corrected chi connectivity index (χ2v) is 7.34. The van der Waals surface area contributed by atoms with Gasteiger partial charge in [-0.25, -0.2) is 9.97 Å². The van der Waals surface area contributed by atoms with Gasteiger partial charge in [0, 0.05) is 44.1 Å². The SMILES string of the molecule is Cc1ccc(OCC2CCCN(c3ccc(Cn4ccnc4)cn3)C2)cc1. The molecule has 0 aliphatic carbocycles. The van der Waals surface area contributed by atoms with Crippen LogP contribution in [0, 0.1) is 12.8 Å². The van der Waals surface area contributed by atoms with E-state index in [2.05, 4.69) is 57.8 Å². The molecule has 1 aromatic carbocycles. The summed E-state index contributed by atoms with van der Waals surface area (Å²) in [5.41, 5.74) is 2.45. The molecule has 1 fully saturated rings. The van der Waals surface area contributed by atoms with E-state index in [1.807, 2.05) is 18.7 Å². The van der Waals surface area contributed by atoms with E-state index in [9.17, 15) is 0 Å². The number of piperidine rings is 1. The van der Waals surface area contributed by atoms with Crippen LogP contribution in [0.25, 0.3) is 0 Å². The lowest BCUT2D eigenvalue weighted by Gasteiger charge is -2.33. The number of rotatable bonds is 6. The Morgan fingerprint density at radius 1 is 1.15 bits per heavy atom. The van der Waals surface area contributed by atoms with Crippen LogP contribution in [0.4, 0.5) is 5.82 Å². The summed E-state index contributed by atoms with van der Waals surface area (Å²) in [7, 11) is 0. The maximum atomic E-state index is 6.01. The third-order valence-electron chi connectivity index (χ3n) is 5.08. The van der Waals surface area contributed by atoms with Gasteiger partial charge in [-0.1, -0.05) is 23.8 Å². The molecule has 3 aromatic rings. The van der Waals surface area contributed by atoms with Gasteiger partial charge in [-0.3, -0.25) is 0 Å². The molecule has 0 spiro atoms. The van der Waals surface area contributed by atoms with E-state index in [-0.39, 0.29) is 0 Å². The van der Waals surface area contributed by atoms with Crippen molar-refractivity contribution in [2.75, 3.05) is 24.6 Å². The van der Waals surface area contributed by atoms with E-state index in [0.29, 0.717) is 5.92 Å². The summed E-state index contributed by atoms with van der Waals surface area (Å²) >= 11 is 0. The molecule has 1 aliphatic rings. The number of aromatic nitrogens is 3. The molecule has 1 aliphatic heterocycles. The van der Waals surface area contributed by atoms with Gasteiger partial charge in [-0.2, -0.15) is 0 Å². The lowest BCUT2D eigenvalue weighted by Crippen LogP contribution is -2.38. The summed E-state index contributed by atoms with van der Waals surface area (Å²) in [6, 6.07) is 12.6. The molecular formula is C22H26N4O. The zero-order chi connectivity index (χ0) is 18.5. The Balaban J connectivity index is 1.32. The summed E-state index contributed by atoms with van der Waals surface area (Å²) in [4.78, 5) is 11.2. The molecule has 0 amide bonds. The van der Waals surface area contributed by atoms with Crippen LogP contribution in [0.1, 0.15) is 24.0 Å². The van der Waals surface area contributed by atoms with Crippen LogP contribution < -0.4 is 9.64 Å². The Morgan fingerprint density at radius 2 is 2.04 bits per heavy atom. The molecule has 0 bridgehead atoms. The minimum absolute atomic E-state index is 0.535. The van der Waals surface area contributed by atoms with Crippen LogP contribution in [0.5, 0.6) is 5.75 Å². The maximum Gasteiger partial charge on any atom is 0.128 e. The van der Waals surface area contributed by atoms with E-state index < -0.39 is 0 Å². The Hall–Kier alpha value is -2.82. The van der Waals surface area contributed by atoms with Gasteiger partial charge in [-0.15, -0.1) is 0 Å². The maximum absolute atomic E-state index is 6.01.